The summed E-state index contributed by atoms with van der Waals surface area (Å²) in [4.78, 5) is 5.16. The smallest absolute Gasteiger partial charge is 0.0376 e. The molecular weight excluding hydrogens is 246 g/mol. The maximum absolute atomic E-state index is 3.86. The van der Waals surface area contributed by atoms with E-state index in [0.29, 0.717) is 12.1 Å². The number of hydrogen-bond acceptors (Lipinski definition) is 3. The molecule has 0 aromatic heterocycles. The number of hydrogen-bond donors (Lipinski definition) is 1. The van der Waals surface area contributed by atoms with Gasteiger partial charge in [0.25, 0.3) is 0 Å². The van der Waals surface area contributed by atoms with E-state index in [-0.39, 0.29) is 0 Å². The van der Waals surface area contributed by atoms with Gasteiger partial charge in [-0.15, -0.1) is 0 Å². The monoisotopic (exact) mass is 281 g/mol. The van der Waals surface area contributed by atoms with Crippen molar-refractivity contribution in [3.8, 4) is 0 Å². The fraction of sp³-hybridized carbons (Fsp3) is 1.00. The van der Waals surface area contributed by atoms with Crippen LogP contribution in [0.15, 0.2) is 0 Å². The molecule has 1 saturated carbocycles. The molecule has 3 nitrogen and oxygen atoms in total. The standard InChI is InChI=1S/C17H35N3/c1-4-18-17(15-10-7-5-6-8-11-15)16-14-19(2)12-9-13-20(16)3/h15-18H,4-14H2,1-3H3. The van der Waals surface area contributed by atoms with Crippen molar-refractivity contribution in [3.05, 3.63) is 0 Å². The highest BCUT2D eigenvalue weighted by Crippen LogP contribution is 2.29. The Bertz CT molecular complexity index is 261. The van der Waals surface area contributed by atoms with Crippen molar-refractivity contribution >= 4 is 0 Å². The minimum atomic E-state index is 0.684. The quantitative estimate of drug-likeness (QED) is 0.799. The van der Waals surface area contributed by atoms with Gasteiger partial charge in [-0.3, -0.25) is 0 Å². The molecule has 0 aromatic carbocycles. The second-order valence-electron chi connectivity index (χ2n) is 7.00. The highest BCUT2D eigenvalue weighted by Gasteiger charge is 2.33. The second kappa shape index (κ2) is 8.35. The van der Waals surface area contributed by atoms with E-state index >= 15 is 0 Å². The lowest BCUT2D eigenvalue weighted by Crippen LogP contribution is -2.55. The number of nitrogens with zero attached hydrogens (tertiary/aromatic N) is 2. The van der Waals surface area contributed by atoms with Crippen LogP contribution in [0.3, 0.4) is 0 Å². The van der Waals surface area contributed by atoms with Gasteiger partial charge in [-0.1, -0.05) is 32.6 Å². The van der Waals surface area contributed by atoms with Crippen LogP contribution in [0.2, 0.25) is 0 Å². The van der Waals surface area contributed by atoms with Crippen LogP contribution in [0.4, 0.5) is 0 Å². The lowest BCUT2D eigenvalue weighted by atomic mass is 9.86. The maximum Gasteiger partial charge on any atom is 0.0376 e. The van der Waals surface area contributed by atoms with Crippen molar-refractivity contribution in [3.63, 3.8) is 0 Å². The fourth-order valence-electron chi connectivity index (χ4n) is 4.22. The van der Waals surface area contributed by atoms with Crippen LogP contribution < -0.4 is 5.32 Å². The Balaban J connectivity index is 2.07. The van der Waals surface area contributed by atoms with Crippen molar-refractivity contribution < 1.29 is 0 Å². The van der Waals surface area contributed by atoms with E-state index in [1.807, 2.05) is 0 Å². The Hall–Kier alpha value is -0.120. The molecule has 1 N–H and O–H groups in total. The zero-order valence-corrected chi connectivity index (χ0v) is 13.9. The van der Waals surface area contributed by atoms with Crippen LogP contribution >= 0.6 is 0 Å². The van der Waals surface area contributed by atoms with E-state index in [9.17, 15) is 0 Å². The van der Waals surface area contributed by atoms with Crippen molar-refractivity contribution in [1.29, 1.82) is 0 Å². The molecule has 1 aliphatic carbocycles. The molecule has 0 aromatic rings. The first-order valence-corrected chi connectivity index (χ1v) is 8.84. The number of likely N-dealkylation sites (N-methyl/N-ethyl adjacent to an activating group) is 3. The summed E-state index contributed by atoms with van der Waals surface area (Å²) >= 11 is 0. The zero-order valence-electron chi connectivity index (χ0n) is 13.9. The van der Waals surface area contributed by atoms with Crippen LogP contribution in [0, 0.1) is 5.92 Å². The molecule has 0 radical (unpaired) electrons. The second-order valence-corrected chi connectivity index (χ2v) is 7.00. The molecule has 20 heavy (non-hydrogen) atoms. The SMILES string of the molecule is CCNC(C1CCCCCC1)C1CN(C)CCCN1C. The number of nitrogens with one attached hydrogen (secondary N) is 1. The molecule has 0 bridgehead atoms. The Labute approximate surface area is 126 Å². The fourth-order valence-corrected chi connectivity index (χ4v) is 4.22. The van der Waals surface area contributed by atoms with Crippen LogP contribution in [0.5, 0.6) is 0 Å². The normalized spacial score (nSPS) is 29.9. The first kappa shape index (κ1) is 16.3. The van der Waals surface area contributed by atoms with Gasteiger partial charge in [-0.25, -0.2) is 0 Å². The molecular formula is C17H35N3. The topological polar surface area (TPSA) is 18.5 Å². The predicted octanol–water partition coefficient (Wildman–Crippen LogP) is 2.57. The third kappa shape index (κ3) is 4.44. The summed E-state index contributed by atoms with van der Waals surface area (Å²) < 4.78 is 0. The molecule has 0 spiro atoms. The summed E-state index contributed by atoms with van der Waals surface area (Å²) in [6.07, 6.45) is 9.98. The summed E-state index contributed by atoms with van der Waals surface area (Å²) in [6.45, 7) is 7.11. The van der Waals surface area contributed by atoms with Crippen molar-refractivity contribution in [2.45, 2.75) is 64.0 Å². The van der Waals surface area contributed by atoms with Gasteiger partial charge in [-0.2, -0.15) is 0 Å². The van der Waals surface area contributed by atoms with Gasteiger partial charge in [0.1, 0.15) is 0 Å². The van der Waals surface area contributed by atoms with Crippen LogP contribution in [-0.2, 0) is 0 Å². The van der Waals surface area contributed by atoms with Crippen LogP contribution in [0.1, 0.15) is 51.9 Å². The zero-order chi connectivity index (χ0) is 14.4. The largest absolute Gasteiger partial charge is 0.312 e. The van der Waals surface area contributed by atoms with E-state index in [0.717, 1.165) is 12.5 Å². The van der Waals surface area contributed by atoms with Gasteiger partial charge < -0.3 is 15.1 Å². The molecule has 0 amide bonds. The first-order valence-electron chi connectivity index (χ1n) is 8.84. The Morgan fingerprint density at radius 2 is 1.70 bits per heavy atom. The Kier molecular flexibility index (Phi) is 6.79. The van der Waals surface area contributed by atoms with Gasteiger partial charge in [0, 0.05) is 18.6 Å². The average Bonchev–Trinajstić information content (AvgIpc) is 2.78. The van der Waals surface area contributed by atoms with Crippen LogP contribution in [0.25, 0.3) is 0 Å². The molecule has 1 heterocycles. The minimum absolute atomic E-state index is 0.684. The summed E-state index contributed by atoms with van der Waals surface area (Å²) in [5.41, 5.74) is 0. The summed E-state index contributed by atoms with van der Waals surface area (Å²) in [5.74, 6) is 0.886. The minimum Gasteiger partial charge on any atom is -0.312 e. The third-order valence-electron chi connectivity index (χ3n) is 5.38. The molecule has 2 unspecified atom stereocenters. The predicted molar refractivity (Wildman–Crippen MR) is 87.2 cm³/mol. The van der Waals surface area contributed by atoms with Gasteiger partial charge in [0.15, 0.2) is 0 Å². The van der Waals surface area contributed by atoms with Crippen molar-refractivity contribution in [1.82, 2.24) is 15.1 Å². The summed E-state index contributed by atoms with van der Waals surface area (Å²) in [7, 11) is 4.63. The average molecular weight is 281 g/mol. The van der Waals surface area contributed by atoms with Crippen molar-refractivity contribution in [2.75, 3.05) is 40.3 Å². The molecule has 2 aliphatic rings. The molecule has 1 saturated heterocycles. The van der Waals surface area contributed by atoms with E-state index in [4.69, 9.17) is 0 Å². The highest BCUT2D eigenvalue weighted by atomic mass is 15.2. The molecule has 1 aliphatic heterocycles. The summed E-state index contributed by atoms with van der Waals surface area (Å²) in [6, 6.07) is 1.37. The van der Waals surface area contributed by atoms with E-state index < -0.39 is 0 Å². The van der Waals surface area contributed by atoms with Gasteiger partial charge in [0.05, 0.1) is 0 Å². The first-order chi connectivity index (χ1) is 9.72. The lowest BCUT2D eigenvalue weighted by molar-refractivity contribution is 0.137. The molecule has 2 atom stereocenters. The van der Waals surface area contributed by atoms with Crippen molar-refractivity contribution in [2.24, 2.45) is 5.92 Å². The molecule has 2 fully saturated rings. The number of rotatable bonds is 4. The Morgan fingerprint density at radius 3 is 2.35 bits per heavy atom. The van der Waals surface area contributed by atoms with Gasteiger partial charge in [0.2, 0.25) is 0 Å². The van der Waals surface area contributed by atoms with Gasteiger partial charge in [-0.05, 0) is 58.9 Å². The maximum atomic E-state index is 3.86. The lowest BCUT2D eigenvalue weighted by Gasteiger charge is -2.39. The van der Waals surface area contributed by atoms with E-state index in [1.54, 1.807) is 0 Å². The molecule has 118 valence electrons. The van der Waals surface area contributed by atoms with Crippen LogP contribution in [-0.4, -0.2) is 62.2 Å². The molecule has 3 heteroatoms. The van der Waals surface area contributed by atoms with E-state index in [2.05, 4.69) is 36.1 Å². The highest BCUT2D eigenvalue weighted by molar-refractivity contribution is 4.92. The van der Waals surface area contributed by atoms with E-state index in [1.165, 1.54) is 64.6 Å². The summed E-state index contributed by atoms with van der Waals surface area (Å²) in [5, 5.41) is 3.86. The molecule has 2 rings (SSSR count). The third-order valence-corrected chi connectivity index (χ3v) is 5.38. The Morgan fingerprint density at radius 1 is 1.00 bits per heavy atom. The van der Waals surface area contributed by atoms with Gasteiger partial charge >= 0.3 is 0 Å².